The van der Waals surface area contributed by atoms with Gasteiger partial charge in [0.15, 0.2) is 0 Å². The van der Waals surface area contributed by atoms with Gasteiger partial charge >= 0.3 is 0 Å². The molecule has 0 fully saturated rings. The zero-order valence-corrected chi connectivity index (χ0v) is 13.7. The lowest BCUT2D eigenvalue weighted by Crippen LogP contribution is -2.31. The van der Waals surface area contributed by atoms with Gasteiger partial charge in [0.1, 0.15) is 5.82 Å². The van der Waals surface area contributed by atoms with Crippen molar-refractivity contribution in [1.29, 1.82) is 0 Å². The topological polar surface area (TPSA) is 64.8 Å². The molecule has 5 heteroatoms. The summed E-state index contributed by atoms with van der Waals surface area (Å²) in [6.45, 7) is 2.48. The van der Waals surface area contributed by atoms with Crippen LogP contribution in [0.4, 0.5) is 0 Å². The monoisotopic (exact) mass is 330 g/mol. The second kappa shape index (κ2) is 5.57. The fourth-order valence-corrected chi connectivity index (χ4v) is 3.78. The van der Waals surface area contributed by atoms with E-state index in [1.807, 2.05) is 24.3 Å². The van der Waals surface area contributed by atoms with E-state index in [9.17, 15) is 4.79 Å². The van der Waals surface area contributed by atoms with Crippen LogP contribution in [0.5, 0.6) is 0 Å². The van der Waals surface area contributed by atoms with Gasteiger partial charge in [-0.05, 0) is 23.8 Å². The number of aromatic amines is 2. The third-order valence-corrected chi connectivity index (χ3v) is 5.00. The lowest BCUT2D eigenvalue weighted by Gasteiger charge is -2.26. The smallest absolute Gasteiger partial charge is 0.258 e. The number of aromatic nitrogens is 3. The van der Waals surface area contributed by atoms with E-state index in [0.29, 0.717) is 11.9 Å². The maximum atomic E-state index is 12.3. The Morgan fingerprint density at radius 3 is 2.72 bits per heavy atom. The van der Waals surface area contributed by atoms with Crippen LogP contribution in [-0.2, 0) is 19.5 Å². The van der Waals surface area contributed by atoms with Crippen molar-refractivity contribution >= 4 is 21.8 Å². The highest BCUT2D eigenvalue weighted by Gasteiger charge is 2.21. The number of para-hydroxylation sites is 2. The van der Waals surface area contributed by atoms with Crippen LogP contribution in [0.15, 0.2) is 53.3 Å². The molecule has 2 N–H and O–H groups in total. The van der Waals surface area contributed by atoms with E-state index in [1.165, 1.54) is 22.2 Å². The van der Waals surface area contributed by atoms with Crippen molar-refractivity contribution in [3.63, 3.8) is 0 Å². The second-order valence-corrected chi connectivity index (χ2v) is 6.62. The Hall–Kier alpha value is -2.92. The summed E-state index contributed by atoms with van der Waals surface area (Å²) in [7, 11) is 0. The standard InChI is InChI=1S/C20H18N4O/c25-20-14-6-2-4-8-17(14)22-19(23-20)12-24-10-9-18-15(11-24)13-5-1-3-7-16(13)21-18/h1-8,21H,9-12H2,(H,22,23,25). The summed E-state index contributed by atoms with van der Waals surface area (Å²) in [5.41, 5.74) is 4.59. The molecule has 0 spiro atoms. The predicted octanol–water partition coefficient (Wildman–Crippen LogP) is 2.96. The number of H-pyrrole nitrogens is 2. The average Bonchev–Trinajstić information content (AvgIpc) is 3.00. The second-order valence-electron chi connectivity index (χ2n) is 6.62. The molecule has 3 heterocycles. The summed E-state index contributed by atoms with van der Waals surface area (Å²) < 4.78 is 0. The molecule has 0 saturated carbocycles. The predicted molar refractivity (Wildman–Crippen MR) is 98.5 cm³/mol. The zero-order valence-electron chi connectivity index (χ0n) is 13.7. The molecule has 5 rings (SSSR count). The van der Waals surface area contributed by atoms with E-state index in [1.54, 1.807) is 0 Å². The minimum absolute atomic E-state index is 0.0645. The summed E-state index contributed by atoms with van der Waals surface area (Å²) in [5.74, 6) is 0.729. The Balaban J connectivity index is 1.47. The Morgan fingerprint density at radius 1 is 1.00 bits per heavy atom. The maximum Gasteiger partial charge on any atom is 0.258 e. The van der Waals surface area contributed by atoms with Crippen LogP contribution >= 0.6 is 0 Å². The first-order chi connectivity index (χ1) is 12.3. The number of nitrogens with zero attached hydrogens (tertiary/aromatic N) is 2. The number of hydrogen-bond acceptors (Lipinski definition) is 3. The Kier molecular flexibility index (Phi) is 3.21. The van der Waals surface area contributed by atoms with Crippen LogP contribution in [0.3, 0.4) is 0 Å². The number of nitrogens with one attached hydrogen (secondary N) is 2. The van der Waals surface area contributed by atoms with Crippen LogP contribution in [0.2, 0.25) is 0 Å². The molecule has 25 heavy (non-hydrogen) atoms. The van der Waals surface area contributed by atoms with Gasteiger partial charge in [-0.2, -0.15) is 0 Å². The zero-order chi connectivity index (χ0) is 16.8. The average molecular weight is 330 g/mol. The molecule has 0 unspecified atom stereocenters. The molecule has 2 aromatic heterocycles. The quantitative estimate of drug-likeness (QED) is 0.594. The van der Waals surface area contributed by atoms with Crippen molar-refractivity contribution in [2.45, 2.75) is 19.5 Å². The SMILES string of the molecule is O=c1[nH]c(CN2CCc3[nH]c4ccccc4c3C2)nc2ccccc12. The summed E-state index contributed by atoms with van der Waals surface area (Å²) in [4.78, 5) is 25.7. The Labute approximate surface area is 144 Å². The largest absolute Gasteiger partial charge is 0.358 e. The molecule has 5 nitrogen and oxygen atoms in total. The van der Waals surface area contributed by atoms with Crippen LogP contribution in [-0.4, -0.2) is 26.4 Å². The van der Waals surface area contributed by atoms with Crippen LogP contribution in [0.1, 0.15) is 17.1 Å². The van der Waals surface area contributed by atoms with Crippen molar-refractivity contribution in [2.75, 3.05) is 6.54 Å². The number of hydrogen-bond donors (Lipinski definition) is 2. The fourth-order valence-electron chi connectivity index (χ4n) is 3.78. The van der Waals surface area contributed by atoms with Gasteiger partial charge in [-0.15, -0.1) is 0 Å². The molecule has 124 valence electrons. The summed E-state index contributed by atoms with van der Waals surface area (Å²) in [6, 6.07) is 15.9. The van der Waals surface area contributed by atoms with E-state index >= 15 is 0 Å². The highest BCUT2D eigenvalue weighted by atomic mass is 16.1. The fraction of sp³-hybridized carbons (Fsp3) is 0.200. The van der Waals surface area contributed by atoms with E-state index in [0.717, 1.165) is 30.9 Å². The van der Waals surface area contributed by atoms with Crippen molar-refractivity contribution in [3.05, 3.63) is 76.0 Å². The first-order valence-corrected chi connectivity index (χ1v) is 8.57. The van der Waals surface area contributed by atoms with Gasteiger partial charge in [0, 0.05) is 36.1 Å². The molecule has 4 aromatic rings. The molecule has 0 aliphatic carbocycles. The number of rotatable bonds is 2. The van der Waals surface area contributed by atoms with Crippen molar-refractivity contribution in [3.8, 4) is 0 Å². The van der Waals surface area contributed by atoms with Gasteiger partial charge in [0.05, 0.1) is 17.4 Å². The number of benzene rings is 2. The molecule has 2 aromatic carbocycles. The summed E-state index contributed by atoms with van der Waals surface area (Å²) >= 11 is 0. The van der Waals surface area contributed by atoms with Crippen molar-refractivity contribution in [2.24, 2.45) is 0 Å². The van der Waals surface area contributed by atoms with Crippen molar-refractivity contribution < 1.29 is 0 Å². The summed E-state index contributed by atoms with van der Waals surface area (Å²) in [6.07, 6.45) is 0.988. The first-order valence-electron chi connectivity index (χ1n) is 8.57. The first kappa shape index (κ1) is 14.4. The maximum absolute atomic E-state index is 12.3. The molecule has 0 amide bonds. The van der Waals surface area contributed by atoms with Crippen LogP contribution in [0.25, 0.3) is 21.8 Å². The van der Waals surface area contributed by atoms with Gasteiger partial charge in [-0.1, -0.05) is 30.3 Å². The molecular formula is C20H18N4O. The third kappa shape index (κ3) is 2.44. The van der Waals surface area contributed by atoms with Crippen LogP contribution in [0, 0.1) is 0 Å². The molecule has 1 aliphatic heterocycles. The molecule has 0 atom stereocenters. The molecule has 0 radical (unpaired) electrons. The summed E-state index contributed by atoms with van der Waals surface area (Å²) in [5, 5.41) is 1.94. The van der Waals surface area contributed by atoms with Crippen molar-refractivity contribution in [1.82, 2.24) is 19.9 Å². The van der Waals surface area contributed by atoms with Crippen LogP contribution < -0.4 is 5.56 Å². The molecule has 1 aliphatic rings. The van der Waals surface area contributed by atoms with Gasteiger partial charge < -0.3 is 9.97 Å². The minimum atomic E-state index is -0.0645. The highest BCUT2D eigenvalue weighted by Crippen LogP contribution is 2.27. The van der Waals surface area contributed by atoms with Gasteiger partial charge in [-0.3, -0.25) is 9.69 Å². The highest BCUT2D eigenvalue weighted by molar-refractivity contribution is 5.84. The normalized spacial score (nSPS) is 14.9. The van der Waals surface area contributed by atoms with E-state index < -0.39 is 0 Å². The Bertz CT molecular complexity index is 1140. The number of fused-ring (bicyclic) bond motifs is 4. The molecular weight excluding hydrogens is 312 g/mol. The molecule has 0 saturated heterocycles. The lowest BCUT2D eigenvalue weighted by atomic mass is 10.0. The lowest BCUT2D eigenvalue weighted by molar-refractivity contribution is 0.239. The van der Waals surface area contributed by atoms with Gasteiger partial charge in [0.2, 0.25) is 0 Å². The molecule has 0 bridgehead atoms. The minimum Gasteiger partial charge on any atom is -0.358 e. The van der Waals surface area contributed by atoms with E-state index in [-0.39, 0.29) is 5.56 Å². The third-order valence-electron chi connectivity index (χ3n) is 5.00. The van der Waals surface area contributed by atoms with E-state index in [4.69, 9.17) is 0 Å². The van der Waals surface area contributed by atoms with E-state index in [2.05, 4.69) is 44.1 Å². The Morgan fingerprint density at radius 2 is 1.80 bits per heavy atom. The van der Waals surface area contributed by atoms with Gasteiger partial charge in [0.25, 0.3) is 5.56 Å². The van der Waals surface area contributed by atoms with Gasteiger partial charge in [-0.25, -0.2) is 4.98 Å².